The van der Waals surface area contributed by atoms with Crippen molar-refractivity contribution in [2.45, 2.75) is 19.4 Å². The zero-order valence-electron chi connectivity index (χ0n) is 13.0. The third-order valence-electron chi connectivity index (χ3n) is 4.08. The van der Waals surface area contributed by atoms with E-state index in [1.807, 2.05) is 55.6 Å². The monoisotopic (exact) mass is 308 g/mol. The number of benzene rings is 2. The maximum absolute atomic E-state index is 11.5. The Hall–Kier alpha value is -2.59. The summed E-state index contributed by atoms with van der Waals surface area (Å²) < 4.78 is 0. The molecule has 4 heteroatoms. The van der Waals surface area contributed by atoms with Gasteiger partial charge in [-0.3, -0.25) is 4.79 Å². The number of H-pyrrole nitrogens is 1. The minimum Gasteiger partial charge on any atom is -0.480 e. The molecule has 0 bridgehead atoms. The van der Waals surface area contributed by atoms with Crippen LogP contribution in [0.2, 0.25) is 0 Å². The van der Waals surface area contributed by atoms with Crippen LogP contribution in [0.4, 0.5) is 0 Å². The second kappa shape index (κ2) is 6.67. The normalized spacial score (nSPS) is 12.4. The van der Waals surface area contributed by atoms with Crippen LogP contribution in [0.3, 0.4) is 0 Å². The summed E-state index contributed by atoms with van der Waals surface area (Å²) in [5, 5.41) is 13.8. The van der Waals surface area contributed by atoms with E-state index in [0.717, 1.165) is 23.1 Å². The number of aromatic nitrogens is 1. The molecule has 1 aromatic heterocycles. The van der Waals surface area contributed by atoms with Gasteiger partial charge in [-0.25, -0.2) is 0 Å². The predicted octanol–water partition coefficient (Wildman–Crippen LogP) is 3.43. The van der Waals surface area contributed by atoms with Crippen molar-refractivity contribution in [1.82, 2.24) is 10.3 Å². The molecule has 0 amide bonds. The fraction of sp³-hybridized carbons (Fsp3) is 0.211. The zero-order valence-corrected chi connectivity index (χ0v) is 13.0. The van der Waals surface area contributed by atoms with Crippen LogP contribution < -0.4 is 5.32 Å². The first kappa shape index (κ1) is 15.3. The zero-order chi connectivity index (χ0) is 16.2. The summed E-state index contributed by atoms with van der Waals surface area (Å²) in [5.74, 6) is -0.854. The number of para-hydroxylation sites is 1. The third-order valence-corrected chi connectivity index (χ3v) is 4.08. The van der Waals surface area contributed by atoms with E-state index in [0.29, 0.717) is 6.54 Å². The summed E-state index contributed by atoms with van der Waals surface area (Å²) in [6.45, 7) is 2.59. The molecule has 1 atom stereocenters. The molecule has 2 aromatic carbocycles. The first-order valence-electron chi connectivity index (χ1n) is 7.73. The first-order valence-corrected chi connectivity index (χ1v) is 7.73. The Morgan fingerprint density at radius 2 is 1.91 bits per heavy atom. The molecule has 0 fully saturated rings. The molecule has 0 aliphatic rings. The lowest BCUT2D eigenvalue weighted by molar-refractivity contribution is -0.139. The summed E-state index contributed by atoms with van der Waals surface area (Å²) >= 11 is 0. The quantitative estimate of drug-likeness (QED) is 0.653. The lowest BCUT2D eigenvalue weighted by Crippen LogP contribution is -2.30. The Morgan fingerprint density at radius 3 is 2.65 bits per heavy atom. The van der Waals surface area contributed by atoms with Crippen molar-refractivity contribution in [3.05, 3.63) is 71.4 Å². The molecule has 1 heterocycles. The maximum atomic E-state index is 11.5. The summed E-state index contributed by atoms with van der Waals surface area (Å²) in [4.78, 5) is 14.8. The highest BCUT2D eigenvalue weighted by molar-refractivity contribution is 5.83. The molecule has 118 valence electrons. The fourth-order valence-corrected chi connectivity index (χ4v) is 2.80. The molecule has 0 unspecified atom stereocenters. The van der Waals surface area contributed by atoms with Gasteiger partial charge in [0.05, 0.1) is 0 Å². The second-order valence-electron chi connectivity index (χ2n) is 5.75. The van der Waals surface area contributed by atoms with Crippen molar-refractivity contribution in [2.24, 2.45) is 0 Å². The van der Waals surface area contributed by atoms with Crippen LogP contribution in [0.1, 0.15) is 22.7 Å². The second-order valence-corrected chi connectivity index (χ2v) is 5.75. The van der Waals surface area contributed by atoms with E-state index < -0.39 is 12.0 Å². The smallest absolute Gasteiger partial charge is 0.325 e. The van der Waals surface area contributed by atoms with Gasteiger partial charge in [0.2, 0.25) is 0 Å². The average molecular weight is 308 g/mol. The molecule has 0 aliphatic heterocycles. The molecule has 0 saturated heterocycles. The summed E-state index contributed by atoms with van der Waals surface area (Å²) in [6.07, 6.45) is 2.77. The van der Waals surface area contributed by atoms with Crippen LogP contribution in [0.15, 0.2) is 54.7 Å². The minimum atomic E-state index is -0.854. The van der Waals surface area contributed by atoms with Gasteiger partial charge in [-0.05, 0) is 30.5 Å². The highest BCUT2D eigenvalue weighted by Crippen LogP contribution is 2.19. The van der Waals surface area contributed by atoms with Crippen molar-refractivity contribution in [3.63, 3.8) is 0 Å². The van der Waals surface area contributed by atoms with Crippen LogP contribution in [0.25, 0.3) is 10.9 Å². The number of rotatable bonds is 6. The lowest BCUT2D eigenvalue weighted by atomic mass is 10.0. The number of carboxylic acid groups (broad SMARTS) is 1. The number of carbonyl (C=O) groups is 1. The molecule has 0 spiro atoms. The van der Waals surface area contributed by atoms with E-state index in [2.05, 4.69) is 16.4 Å². The van der Waals surface area contributed by atoms with E-state index in [1.165, 1.54) is 10.9 Å². The van der Waals surface area contributed by atoms with Crippen molar-refractivity contribution in [2.75, 3.05) is 6.54 Å². The fourth-order valence-electron chi connectivity index (χ4n) is 2.80. The average Bonchev–Trinajstić information content (AvgIpc) is 2.96. The molecule has 23 heavy (non-hydrogen) atoms. The van der Waals surface area contributed by atoms with E-state index in [1.54, 1.807) is 0 Å². The Kier molecular flexibility index (Phi) is 4.44. The number of carboxylic acids is 1. The van der Waals surface area contributed by atoms with Crippen LogP contribution in [0, 0.1) is 6.92 Å². The molecule has 3 aromatic rings. The number of aromatic amines is 1. The maximum Gasteiger partial charge on any atom is 0.325 e. The number of hydrogen-bond acceptors (Lipinski definition) is 2. The molecule has 0 radical (unpaired) electrons. The van der Waals surface area contributed by atoms with E-state index >= 15 is 0 Å². The van der Waals surface area contributed by atoms with Gasteiger partial charge in [-0.15, -0.1) is 0 Å². The summed E-state index contributed by atoms with van der Waals surface area (Å²) in [5.41, 5.74) is 4.20. The largest absolute Gasteiger partial charge is 0.480 e. The van der Waals surface area contributed by atoms with Crippen molar-refractivity contribution in [1.29, 1.82) is 0 Å². The highest BCUT2D eigenvalue weighted by atomic mass is 16.4. The Morgan fingerprint density at radius 1 is 1.17 bits per heavy atom. The molecular weight excluding hydrogens is 288 g/mol. The lowest BCUT2D eigenvalue weighted by Gasteiger charge is -2.15. The number of hydrogen-bond donors (Lipinski definition) is 3. The Labute approximate surface area is 135 Å². The summed E-state index contributed by atoms with van der Waals surface area (Å²) in [6, 6.07) is 15.1. The van der Waals surface area contributed by atoms with Gasteiger partial charge in [0.1, 0.15) is 6.04 Å². The van der Waals surface area contributed by atoms with Crippen molar-refractivity contribution < 1.29 is 9.90 Å². The van der Waals surface area contributed by atoms with Gasteiger partial charge in [-0.1, -0.05) is 48.0 Å². The minimum absolute atomic E-state index is 0.604. The molecule has 3 rings (SSSR count). The number of nitrogens with one attached hydrogen (secondary N) is 2. The molecule has 0 saturated carbocycles. The van der Waals surface area contributed by atoms with E-state index in [4.69, 9.17) is 0 Å². The van der Waals surface area contributed by atoms with E-state index in [9.17, 15) is 9.90 Å². The Balaban J connectivity index is 1.68. The van der Waals surface area contributed by atoms with Crippen molar-refractivity contribution >= 4 is 16.9 Å². The van der Waals surface area contributed by atoms with Gasteiger partial charge in [0.15, 0.2) is 0 Å². The van der Waals surface area contributed by atoms with Gasteiger partial charge < -0.3 is 15.4 Å². The van der Waals surface area contributed by atoms with Gasteiger partial charge in [-0.2, -0.15) is 0 Å². The number of fused-ring (bicyclic) bond motifs is 1. The van der Waals surface area contributed by atoms with Crippen LogP contribution in [0.5, 0.6) is 0 Å². The topological polar surface area (TPSA) is 65.1 Å². The van der Waals surface area contributed by atoms with Crippen molar-refractivity contribution in [3.8, 4) is 0 Å². The molecule has 0 aliphatic carbocycles. The third kappa shape index (κ3) is 3.43. The van der Waals surface area contributed by atoms with E-state index in [-0.39, 0.29) is 0 Å². The standard InChI is InChI=1S/C19H20N2O2/c1-13-6-8-14(9-7-13)18(19(22)23)20-11-10-15-12-21-17-5-3-2-4-16(15)17/h2-9,12,18,20-21H,10-11H2,1H3,(H,22,23)/t18-/m1/s1. The van der Waals surface area contributed by atoms with Crippen LogP contribution >= 0.6 is 0 Å². The number of aliphatic carboxylic acids is 1. The first-order chi connectivity index (χ1) is 11.1. The van der Waals surface area contributed by atoms with Crippen LogP contribution in [-0.4, -0.2) is 22.6 Å². The van der Waals surface area contributed by atoms with Gasteiger partial charge >= 0.3 is 5.97 Å². The molecule has 4 nitrogen and oxygen atoms in total. The highest BCUT2D eigenvalue weighted by Gasteiger charge is 2.18. The SMILES string of the molecule is Cc1ccc([C@@H](NCCc2c[nH]c3ccccc23)C(=O)O)cc1. The molecular formula is C19H20N2O2. The summed E-state index contributed by atoms with van der Waals surface area (Å²) in [7, 11) is 0. The van der Waals surface area contributed by atoms with Gasteiger partial charge in [0.25, 0.3) is 0 Å². The molecule has 3 N–H and O–H groups in total. The van der Waals surface area contributed by atoms with Crippen LogP contribution in [-0.2, 0) is 11.2 Å². The predicted molar refractivity (Wildman–Crippen MR) is 91.6 cm³/mol. The Bertz CT molecular complexity index is 806. The number of aryl methyl sites for hydroxylation is 1. The van der Waals surface area contributed by atoms with Gasteiger partial charge in [0, 0.05) is 23.6 Å².